The quantitative estimate of drug-likeness (QED) is 0.255. The lowest BCUT2D eigenvalue weighted by Gasteiger charge is -2.37. The van der Waals surface area contributed by atoms with Crippen LogP contribution in [-0.4, -0.2) is 81.6 Å². The monoisotopic (exact) mass is 466 g/mol. The number of aliphatic hydroxyl groups excluding tert-OH is 1. The van der Waals surface area contributed by atoms with Crippen LogP contribution in [0.2, 0.25) is 0 Å². The number of hydrogen-bond acceptors (Lipinski definition) is 6. The molecule has 0 saturated carbocycles. The van der Waals surface area contributed by atoms with E-state index in [4.69, 9.17) is 9.84 Å². The topological polar surface area (TPSA) is 87.2 Å². The summed E-state index contributed by atoms with van der Waals surface area (Å²) in [4.78, 5) is 44.1. The first-order chi connectivity index (χ1) is 15.5. The first kappa shape index (κ1) is 25.1. The largest absolute Gasteiger partial charge is 0.466 e. The molecule has 3 saturated heterocycles. The van der Waals surface area contributed by atoms with Crippen molar-refractivity contribution in [3.05, 3.63) is 12.7 Å². The fraction of sp³-hybridized carbons (Fsp3) is 0.792. The van der Waals surface area contributed by atoms with Gasteiger partial charge in [0, 0.05) is 31.5 Å². The second-order valence-corrected chi connectivity index (χ2v) is 10.7. The van der Waals surface area contributed by atoms with Crippen LogP contribution in [0, 0.1) is 11.8 Å². The maximum absolute atomic E-state index is 13.9. The summed E-state index contributed by atoms with van der Waals surface area (Å²) < 4.78 is 4.80. The number of aliphatic hydroxyl groups is 1. The van der Waals surface area contributed by atoms with Crippen LogP contribution in [-0.2, 0) is 19.1 Å². The van der Waals surface area contributed by atoms with Crippen molar-refractivity contribution in [2.24, 2.45) is 11.8 Å². The summed E-state index contributed by atoms with van der Waals surface area (Å²) in [5, 5.41) is 9.16. The smallest absolute Gasteiger partial charge is 0.310 e. The summed E-state index contributed by atoms with van der Waals surface area (Å²) in [6.45, 7) is 9.68. The summed E-state index contributed by atoms with van der Waals surface area (Å²) >= 11 is 1.68. The molecule has 3 aliphatic rings. The highest BCUT2D eigenvalue weighted by Crippen LogP contribution is 2.66. The molecule has 2 amide bonds. The lowest BCUT2D eigenvalue weighted by molar-refractivity contribution is -0.153. The van der Waals surface area contributed by atoms with Crippen molar-refractivity contribution in [1.29, 1.82) is 0 Å². The normalized spacial score (nSPS) is 30.5. The fourth-order valence-corrected chi connectivity index (χ4v) is 7.92. The number of fused-ring (bicyclic) bond motifs is 1. The van der Waals surface area contributed by atoms with Crippen molar-refractivity contribution in [2.75, 3.05) is 32.8 Å². The summed E-state index contributed by atoms with van der Waals surface area (Å²) in [5.41, 5.74) is 0. The lowest BCUT2D eigenvalue weighted by atomic mass is 9.71. The molecule has 0 aromatic heterocycles. The van der Waals surface area contributed by atoms with Crippen LogP contribution in [0.25, 0.3) is 0 Å². The average Bonchev–Trinajstić information content (AvgIpc) is 3.41. The van der Waals surface area contributed by atoms with E-state index >= 15 is 0 Å². The number of carbonyl (C=O) groups excluding carboxylic acids is 3. The first-order valence-corrected chi connectivity index (χ1v) is 13.0. The van der Waals surface area contributed by atoms with Gasteiger partial charge in [0.1, 0.15) is 6.04 Å². The van der Waals surface area contributed by atoms with Gasteiger partial charge in [-0.1, -0.05) is 19.4 Å². The van der Waals surface area contributed by atoms with Gasteiger partial charge in [0.25, 0.3) is 0 Å². The number of esters is 1. The molecule has 0 aromatic rings. The Morgan fingerprint density at radius 3 is 2.75 bits per heavy atom. The van der Waals surface area contributed by atoms with Crippen LogP contribution in [0.15, 0.2) is 12.7 Å². The van der Waals surface area contributed by atoms with E-state index < -0.39 is 22.6 Å². The molecule has 2 unspecified atom stereocenters. The van der Waals surface area contributed by atoms with Gasteiger partial charge >= 0.3 is 5.97 Å². The van der Waals surface area contributed by atoms with Crippen molar-refractivity contribution >= 4 is 29.5 Å². The van der Waals surface area contributed by atoms with E-state index in [-0.39, 0.29) is 36.2 Å². The molecule has 7 nitrogen and oxygen atoms in total. The predicted octanol–water partition coefficient (Wildman–Crippen LogP) is 2.62. The highest BCUT2D eigenvalue weighted by Gasteiger charge is 2.74. The lowest BCUT2D eigenvalue weighted by Crippen LogP contribution is -2.55. The van der Waals surface area contributed by atoms with Crippen molar-refractivity contribution in [3.8, 4) is 0 Å². The van der Waals surface area contributed by atoms with Crippen LogP contribution < -0.4 is 0 Å². The number of rotatable bonds is 13. The SMILES string of the molecule is C=CCN(CCCC)C(=O)C1N(CCCCCO)C(=O)[C@@H]2[C@H](C(=O)OCC)[C@@H]3CCC12S3. The molecule has 0 radical (unpaired) electrons. The average molecular weight is 467 g/mol. The standard InChI is InChI=1S/C24H38N2O5S/c1-4-7-14-25(13-5-2)22(29)20-24-12-11-17(32-24)18(23(30)31-6-3)19(24)21(28)26(20)15-9-8-10-16-27/h5,17-20,27H,2,4,6-16H2,1,3H3/t17-,18+,19-,20?,24?/m0/s1. The minimum absolute atomic E-state index is 0.0194. The molecule has 1 N–H and O–H groups in total. The highest BCUT2D eigenvalue weighted by molar-refractivity contribution is 8.02. The van der Waals surface area contributed by atoms with E-state index in [1.165, 1.54) is 0 Å². The van der Waals surface area contributed by atoms with E-state index in [2.05, 4.69) is 13.5 Å². The maximum Gasteiger partial charge on any atom is 0.310 e. The summed E-state index contributed by atoms with van der Waals surface area (Å²) in [6, 6.07) is -0.555. The van der Waals surface area contributed by atoms with Crippen LogP contribution in [0.4, 0.5) is 0 Å². The van der Waals surface area contributed by atoms with Gasteiger partial charge < -0.3 is 19.6 Å². The van der Waals surface area contributed by atoms with Crippen molar-refractivity contribution in [2.45, 2.75) is 74.8 Å². The molecule has 0 aliphatic carbocycles. The van der Waals surface area contributed by atoms with Gasteiger partial charge in [-0.3, -0.25) is 14.4 Å². The summed E-state index contributed by atoms with van der Waals surface area (Å²) in [6.07, 6.45) is 7.42. The van der Waals surface area contributed by atoms with Gasteiger partial charge in [0.15, 0.2) is 0 Å². The molecule has 32 heavy (non-hydrogen) atoms. The Labute approximate surface area is 195 Å². The molecular weight excluding hydrogens is 428 g/mol. The Kier molecular flexibility index (Phi) is 8.67. The number of hydrogen-bond donors (Lipinski definition) is 1. The zero-order valence-electron chi connectivity index (χ0n) is 19.5. The minimum atomic E-state index is -0.557. The van der Waals surface area contributed by atoms with Crippen LogP contribution >= 0.6 is 11.8 Å². The molecule has 3 aliphatic heterocycles. The molecular formula is C24H38N2O5S. The number of carbonyl (C=O) groups is 3. The number of unbranched alkanes of at least 4 members (excludes halogenated alkanes) is 3. The number of amides is 2. The maximum atomic E-state index is 13.9. The Morgan fingerprint density at radius 2 is 2.09 bits per heavy atom. The van der Waals surface area contributed by atoms with Gasteiger partial charge in [0.05, 0.1) is 23.2 Å². The van der Waals surface area contributed by atoms with E-state index in [9.17, 15) is 14.4 Å². The van der Waals surface area contributed by atoms with Gasteiger partial charge in [-0.25, -0.2) is 0 Å². The van der Waals surface area contributed by atoms with Crippen molar-refractivity contribution in [3.63, 3.8) is 0 Å². The number of nitrogens with zero attached hydrogens (tertiary/aromatic N) is 2. The molecule has 2 bridgehead atoms. The Hall–Kier alpha value is -1.54. The molecule has 8 heteroatoms. The summed E-state index contributed by atoms with van der Waals surface area (Å²) in [5.74, 6) is -1.35. The second-order valence-electron chi connectivity index (χ2n) is 9.05. The summed E-state index contributed by atoms with van der Waals surface area (Å²) in [7, 11) is 0. The van der Waals surface area contributed by atoms with E-state index in [1.807, 2.05) is 4.90 Å². The Morgan fingerprint density at radius 1 is 1.31 bits per heavy atom. The third-order valence-electron chi connectivity index (χ3n) is 7.09. The zero-order chi connectivity index (χ0) is 23.3. The van der Waals surface area contributed by atoms with Crippen LogP contribution in [0.5, 0.6) is 0 Å². The number of likely N-dealkylation sites (tertiary alicyclic amines) is 1. The molecule has 3 fully saturated rings. The second kappa shape index (κ2) is 11.1. The number of thioether (sulfide) groups is 1. The van der Waals surface area contributed by atoms with Gasteiger partial charge in [-0.2, -0.15) is 0 Å². The molecule has 180 valence electrons. The molecule has 3 heterocycles. The molecule has 5 atom stereocenters. The highest BCUT2D eigenvalue weighted by atomic mass is 32.2. The fourth-order valence-electron chi connectivity index (χ4n) is 5.72. The third kappa shape index (κ3) is 4.45. The van der Waals surface area contributed by atoms with Gasteiger partial charge in [-0.05, 0) is 45.4 Å². The first-order valence-electron chi connectivity index (χ1n) is 12.1. The minimum Gasteiger partial charge on any atom is -0.466 e. The molecule has 3 rings (SSSR count). The predicted molar refractivity (Wildman–Crippen MR) is 125 cm³/mol. The third-order valence-corrected chi connectivity index (χ3v) is 9.04. The van der Waals surface area contributed by atoms with E-state index in [0.717, 1.165) is 38.5 Å². The molecule has 0 aromatic carbocycles. The van der Waals surface area contributed by atoms with E-state index in [1.54, 1.807) is 29.7 Å². The van der Waals surface area contributed by atoms with Crippen molar-refractivity contribution in [1.82, 2.24) is 9.80 Å². The van der Waals surface area contributed by atoms with Crippen LogP contribution in [0.3, 0.4) is 0 Å². The van der Waals surface area contributed by atoms with Gasteiger partial charge in [-0.15, -0.1) is 18.3 Å². The molecule has 1 spiro atoms. The van der Waals surface area contributed by atoms with Gasteiger partial charge in [0.2, 0.25) is 11.8 Å². The van der Waals surface area contributed by atoms with E-state index in [0.29, 0.717) is 26.1 Å². The number of ether oxygens (including phenoxy) is 1. The Bertz CT molecular complexity index is 717. The zero-order valence-corrected chi connectivity index (χ0v) is 20.3. The van der Waals surface area contributed by atoms with Crippen molar-refractivity contribution < 1.29 is 24.2 Å². The Balaban J connectivity index is 1.93. The van der Waals surface area contributed by atoms with Crippen LogP contribution in [0.1, 0.15) is 58.8 Å².